The van der Waals surface area contributed by atoms with Crippen LogP contribution in [0.1, 0.15) is 37.8 Å². The Kier molecular flexibility index (Phi) is 2.85. The highest BCUT2D eigenvalue weighted by Gasteiger charge is 2.39. The van der Waals surface area contributed by atoms with Gasteiger partial charge in [-0.1, -0.05) is 18.2 Å². The van der Waals surface area contributed by atoms with Gasteiger partial charge in [-0.05, 0) is 37.8 Å². The van der Waals surface area contributed by atoms with Crippen molar-refractivity contribution >= 4 is 11.6 Å². The third kappa shape index (κ3) is 1.77. The van der Waals surface area contributed by atoms with E-state index in [-0.39, 0.29) is 28.8 Å². The molecule has 1 fully saturated rings. The Morgan fingerprint density at radius 3 is 2.33 bits per heavy atom. The van der Waals surface area contributed by atoms with Crippen LogP contribution in [0.25, 0.3) is 5.69 Å². The second-order valence-corrected chi connectivity index (χ2v) is 6.38. The molecule has 3 unspecified atom stereocenters. The van der Waals surface area contributed by atoms with Crippen molar-refractivity contribution in [2.24, 2.45) is 0 Å². The van der Waals surface area contributed by atoms with Gasteiger partial charge in [-0.15, -0.1) is 11.6 Å². The van der Waals surface area contributed by atoms with E-state index in [1.54, 1.807) is 21.5 Å². The molecule has 0 spiro atoms. The molecule has 2 bridgehead atoms. The van der Waals surface area contributed by atoms with E-state index in [2.05, 4.69) is 0 Å². The summed E-state index contributed by atoms with van der Waals surface area (Å²) >= 11 is 6.44. The maximum absolute atomic E-state index is 12.8. The summed E-state index contributed by atoms with van der Waals surface area (Å²) in [5.41, 5.74) is 0.103. The molecule has 6 heteroatoms. The molecule has 5 nitrogen and oxygen atoms in total. The number of halogens is 1. The van der Waals surface area contributed by atoms with Gasteiger partial charge in [0.15, 0.2) is 0 Å². The monoisotopic (exact) mass is 305 g/mol. The molecular weight excluding hydrogens is 290 g/mol. The molecule has 0 radical (unpaired) electrons. The molecule has 1 aliphatic carbocycles. The first kappa shape index (κ1) is 13.0. The Balaban J connectivity index is 2.01. The molecule has 0 amide bonds. The fourth-order valence-electron chi connectivity index (χ4n) is 3.66. The molecule has 21 heavy (non-hydrogen) atoms. The molecule has 0 N–H and O–H groups in total. The summed E-state index contributed by atoms with van der Waals surface area (Å²) in [5.74, 6) is 0. The molecule has 1 aromatic carbocycles. The number of aromatic nitrogens is 3. The van der Waals surface area contributed by atoms with Gasteiger partial charge in [0.1, 0.15) is 0 Å². The van der Waals surface area contributed by atoms with Crippen molar-refractivity contribution in [2.75, 3.05) is 0 Å². The lowest BCUT2D eigenvalue weighted by atomic mass is 10.1. The lowest BCUT2D eigenvalue weighted by molar-refractivity contribution is 0.242. The largest absolute Gasteiger partial charge is 0.352 e. The quantitative estimate of drug-likeness (QED) is 0.757. The van der Waals surface area contributed by atoms with Crippen molar-refractivity contribution in [3.8, 4) is 5.69 Å². The van der Waals surface area contributed by atoms with Gasteiger partial charge in [0.05, 0.1) is 23.1 Å². The summed E-state index contributed by atoms with van der Waals surface area (Å²) < 4.78 is 4.51. The van der Waals surface area contributed by atoms with Crippen molar-refractivity contribution in [1.29, 1.82) is 0 Å². The van der Waals surface area contributed by atoms with E-state index < -0.39 is 0 Å². The summed E-state index contributed by atoms with van der Waals surface area (Å²) in [6.45, 7) is 0. The number of nitrogens with zero attached hydrogens (tertiary/aromatic N) is 3. The maximum Gasteiger partial charge on any atom is 0.352 e. The molecule has 2 aromatic rings. The number of rotatable bonds is 1. The molecular formula is C15H16ClN3O2. The van der Waals surface area contributed by atoms with E-state index in [9.17, 15) is 9.59 Å². The molecule has 1 aromatic heterocycles. The van der Waals surface area contributed by atoms with Gasteiger partial charge in [-0.2, -0.15) is 0 Å². The predicted molar refractivity (Wildman–Crippen MR) is 80.5 cm³/mol. The Labute approximate surface area is 126 Å². The zero-order chi connectivity index (χ0) is 14.6. The number of fused-ring (bicyclic) bond motifs is 3. The van der Waals surface area contributed by atoms with E-state index >= 15 is 0 Å². The Hall–Kier alpha value is -1.75. The van der Waals surface area contributed by atoms with E-state index in [0.717, 1.165) is 25.7 Å². The molecule has 5 rings (SSSR count). The van der Waals surface area contributed by atoms with E-state index in [1.165, 1.54) is 4.57 Å². The molecule has 2 aliphatic heterocycles. The minimum atomic E-state index is -0.270. The molecule has 110 valence electrons. The Morgan fingerprint density at radius 1 is 0.905 bits per heavy atom. The Morgan fingerprint density at radius 2 is 1.57 bits per heavy atom. The fraction of sp³-hybridized carbons (Fsp3) is 0.467. The summed E-state index contributed by atoms with van der Waals surface area (Å²) in [6.07, 6.45) is 3.52. The zero-order valence-corrected chi connectivity index (χ0v) is 12.2. The lowest BCUT2D eigenvalue weighted by Gasteiger charge is -2.28. The highest BCUT2D eigenvalue weighted by Crippen LogP contribution is 2.39. The average molecular weight is 306 g/mol. The van der Waals surface area contributed by atoms with Gasteiger partial charge in [0.2, 0.25) is 0 Å². The van der Waals surface area contributed by atoms with Gasteiger partial charge in [-0.3, -0.25) is 0 Å². The first-order valence-corrected chi connectivity index (χ1v) is 7.77. The Bertz CT molecular complexity index is 789. The fourth-order valence-corrected chi connectivity index (χ4v) is 4.01. The molecule has 3 atom stereocenters. The summed E-state index contributed by atoms with van der Waals surface area (Å²) in [6, 6.07) is 9.10. The molecule has 3 aliphatic rings. The number of benzene rings is 1. The first-order valence-electron chi connectivity index (χ1n) is 7.34. The molecule has 1 saturated carbocycles. The van der Waals surface area contributed by atoms with Crippen LogP contribution in [-0.4, -0.2) is 19.3 Å². The highest BCUT2D eigenvalue weighted by molar-refractivity contribution is 6.20. The van der Waals surface area contributed by atoms with Crippen molar-refractivity contribution < 1.29 is 0 Å². The van der Waals surface area contributed by atoms with Gasteiger partial charge in [0.25, 0.3) is 0 Å². The van der Waals surface area contributed by atoms with Crippen LogP contribution >= 0.6 is 11.6 Å². The van der Waals surface area contributed by atoms with E-state index in [4.69, 9.17) is 11.6 Å². The average Bonchev–Trinajstić information content (AvgIpc) is 2.64. The van der Waals surface area contributed by atoms with Crippen LogP contribution in [0, 0.1) is 0 Å². The van der Waals surface area contributed by atoms with Gasteiger partial charge >= 0.3 is 11.4 Å². The summed E-state index contributed by atoms with van der Waals surface area (Å²) in [4.78, 5) is 25.5. The van der Waals surface area contributed by atoms with Crippen molar-refractivity contribution in [3.63, 3.8) is 0 Å². The first-order chi connectivity index (χ1) is 10.2. The number of hydrogen-bond donors (Lipinski definition) is 0. The second kappa shape index (κ2) is 4.63. The smallest absolute Gasteiger partial charge is 0.245 e. The van der Waals surface area contributed by atoms with Crippen LogP contribution in [-0.2, 0) is 0 Å². The third-order valence-corrected chi connectivity index (χ3v) is 5.18. The van der Waals surface area contributed by atoms with Crippen LogP contribution in [0.3, 0.4) is 0 Å². The normalized spacial score (nSPS) is 27.4. The van der Waals surface area contributed by atoms with Crippen molar-refractivity contribution in [3.05, 3.63) is 51.3 Å². The van der Waals surface area contributed by atoms with Gasteiger partial charge in [-0.25, -0.2) is 23.5 Å². The van der Waals surface area contributed by atoms with Crippen LogP contribution < -0.4 is 11.4 Å². The highest BCUT2D eigenvalue weighted by atomic mass is 35.5. The standard InChI is InChI=1S/C15H16ClN3O2/c16-12-8-6-11-7-9-13(12)19-15(21)17(14(20)18(11)19)10-4-2-1-3-5-10/h1-5,11-13H,6-9H2. The van der Waals surface area contributed by atoms with Crippen LogP contribution in [0.4, 0.5) is 0 Å². The van der Waals surface area contributed by atoms with E-state index in [0.29, 0.717) is 5.69 Å². The minimum Gasteiger partial charge on any atom is -0.245 e. The summed E-state index contributed by atoms with van der Waals surface area (Å²) in [5, 5.41) is -0.0764. The number of hydrogen-bond acceptors (Lipinski definition) is 2. The molecule has 0 saturated heterocycles. The van der Waals surface area contributed by atoms with Crippen LogP contribution in [0.5, 0.6) is 0 Å². The van der Waals surface area contributed by atoms with Crippen molar-refractivity contribution in [1.82, 2.24) is 13.9 Å². The number of para-hydroxylation sites is 1. The van der Waals surface area contributed by atoms with Crippen LogP contribution in [0.2, 0.25) is 0 Å². The topological polar surface area (TPSA) is 48.9 Å². The van der Waals surface area contributed by atoms with Crippen LogP contribution in [0.15, 0.2) is 39.9 Å². The predicted octanol–water partition coefficient (Wildman–Crippen LogP) is 2.08. The zero-order valence-electron chi connectivity index (χ0n) is 11.5. The van der Waals surface area contributed by atoms with Crippen molar-refractivity contribution in [2.45, 2.75) is 43.1 Å². The van der Waals surface area contributed by atoms with Gasteiger partial charge in [0, 0.05) is 0 Å². The lowest BCUT2D eigenvalue weighted by Crippen LogP contribution is -2.37. The SMILES string of the molecule is O=c1n(-c2ccccc2)c(=O)n2n1C1CCC(Cl)C2CC1. The van der Waals surface area contributed by atoms with Gasteiger partial charge < -0.3 is 0 Å². The third-order valence-electron chi connectivity index (χ3n) is 4.67. The second-order valence-electron chi connectivity index (χ2n) is 5.82. The molecule has 3 heterocycles. The maximum atomic E-state index is 12.8. The number of alkyl halides is 1. The summed E-state index contributed by atoms with van der Waals surface area (Å²) in [7, 11) is 0. The minimum absolute atomic E-state index is 0.0735. The van der Waals surface area contributed by atoms with E-state index in [1.807, 2.05) is 18.2 Å².